The lowest BCUT2D eigenvalue weighted by atomic mass is 10.3. The lowest BCUT2D eigenvalue weighted by Gasteiger charge is -2.27. The Hall–Kier alpha value is -2.42. The van der Waals surface area contributed by atoms with Crippen LogP contribution < -0.4 is 5.32 Å². The van der Waals surface area contributed by atoms with Gasteiger partial charge < -0.3 is 15.3 Å². The average Bonchev–Trinajstić information content (AvgIpc) is 3.11. The Bertz CT molecular complexity index is 739. The Morgan fingerprint density at radius 2 is 2.26 bits per heavy atom. The van der Waals surface area contributed by atoms with Gasteiger partial charge in [0.25, 0.3) is 0 Å². The van der Waals surface area contributed by atoms with Gasteiger partial charge in [-0.25, -0.2) is 14.6 Å². The fourth-order valence-corrected chi connectivity index (χ4v) is 3.27. The van der Waals surface area contributed by atoms with Gasteiger partial charge in [0.1, 0.15) is 0 Å². The fourth-order valence-electron chi connectivity index (χ4n) is 2.50. The maximum atomic E-state index is 12.2. The topological polar surface area (TPSA) is 100 Å². The minimum Gasteiger partial charge on any atom is -0.476 e. The largest absolute Gasteiger partial charge is 0.476 e. The minimum absolute atomic E-state index is 0.0518. The number of hydrogen-bond acceptors (Lipinski definition) is 5. The summed E-state index contributed by atoms with van der Waals surface area (Å²) in [6, 6.07) is 1.87. The molecule has 0 spiro atoms. The Kier molecular flexibility index (Phi) is 4.28. The molecule has 3 heterocycles. The molecule has 0 bridgehead atoms. The van der Waals surface area contributed by atoms with Crippen LogP contribution in [0.25, 0.3) is 0 Å². The van der Waals surface area contributed by atoms with E-state index in [-0.39, 0.29) is 11.7 Å². The lowest BCUT2D eigenvalue weighted by Crippen LogP contribution is -2.44. The van der Waals surface area contributed by atoms with E-state index >= 15 is 0 Å². The van der Waals surface area contributed by atoms with Crippen LogP contribution >= 0.6 is 11.3 Å². The second kappa shape index (κ2) is 6.37. The summed E-state index contributed by atoms with van der Waals surface area (Å²) in [6.07, 6.45) is 0.522. The molecule has 0 fully saturated rings. The molecule has 2 amide bonds. The van der Waals surface area contributed by atoms with Gasteiger partial charge in [-0.2, -0.15) is 5.10 Å². The number of aromatic carboxylic acids is 1. The van der Waals surface area contributed by atoms with Gasteiger partial charge in [-0.05, 0) is 13.0 Å². The van der Waals surface area contributed by atoms with Crippen molar-refractivity contribution in [2.45, 2.75) is 26.4 Å². The number of nitrogens with one attached hydrogen (secondary N) is 1. The summed E-state index contributed by atoms with van der Waals surface area (Å²) in [4.78, 5) is 28.7. The third-order valence-electron chi connectivity index (χ3n) is 3.59. The van der Waals surface area contributed by atoms with Gasteiger partial charge >= 0.3 is 12.0 Å². The van der Waals surface area contributed by atoms with Crippen LogP contribution in [-0.4, -0.2) is 49.9 Å². The maximum absolute atomic E-state index is 12.2. The summed E-state index contributed by atoms with van der Waals surface area (Å²) < 4.78 is 1.93. The van der Waals surface area contributed by atoms with Gasteiger partial charge in [0, 0.05) is 24.9 Å². The third kappa shape index (κ3) is 3.50. The van der Waals surface area contributed by atoms with Gasteiger partial charge in [0.15, 0.2) is 5.69 Å². The first-order chi connectivity index (χ1) is 11.0. The number of urea groups is 1. The number of hydrogen-bond donors (Lipinski definition) is 2. The van der Waals surface area contributed by atoms with Crippen molar-refractivity contribution in [2.75, 3.05) is 13.1 Å². The fraction of sp³-hybridized carbons (Fsp3) is 0.429. The van der Waals surface area contributed by atoms with Crippen LogP contribution in [0.5, 0.6) is 0 Å². The molecule has 0 unspecified atom stereocenters. The Morgan fingerprint density at radius 1 is 1.43 bits per heavy atom. The first kappa shape index (κ1) is 15.5. The maximum Gasteiger partial charge on any atom is 0.355 e. The van der Waals surface area contributed by atoms with Gasteiger partial charge in [0.05, 0.1) is 29.5 Å². The van der Waals surface area contributed by atoms with Crippen molar-refractivity contribution in [1.29, 1.82) is 0 Å². The molecule has 8 nitrogen and oxygen atoms in total. The number of carbonyl (C=O) groups excluding carboxylic acids is 1. The van der Waals surface area contributed by atoms with Crippen LogP contribution in [0.1, 0.15) is 26.9 Å². The van der Waals surface area contributed by atoms with Crippen molar-refractivity contribution < 1.29 is 14.7 Å². The van der Waals surface area contributed by atoms with Crippen molar-refractivity contribution in [1.82, 2.24) is 25.0 Å². The number of carboxylic acids is 1. The molecule has 2 aromatic rings. The highest BCUT2D eigenvalue weighted by molar-refractivity contribution is 7.09. The summed E-state index contributed by atoms with van der Waals surface area (Å²) in [6.45, 7) is 4.24. The molecule has 1 aliphatic heterocycles. The zero-order valence-corrected chi connectivity index (χ0v) is 13.5. The quantitative estimate of drug-likeness (QED) is 0.872. The van der Waals surface area contributed by atoms with Gasteiger partial charge in [-0.3, -0.25) is 4.68 Å². The first-order valence-corrected chi connectivity index (χ1v) is 8.14. The van der Waals surface area contributed by atoms with Crippen molar-refractivity contribution in [3.8, 4) is 0 Å². The van der Waals surface area contributed by atoms with E-state index in [4.69, 9.17) is 5.11 Å². The van der Waals surface area contributed by atoms with Crippen molar-refractivity contribution in [2.24, 2.45) is 0 Å². The van der Waals surface area contributed by atoms with Crippen LogP contribution in [0.3, 0.4) is 0 Å². The highest BCUT2D eigenvalue weighted by Gasteiger charge is 2.21. The van der Waals surface area contributed by atoms with E-state index in [1.54, 1.807) is 4.90 Å². The van der Waals surface area contributed by atoms with E-state index in [9.17, 15) is 9.59 Å². The van der Waals surface area contributed by atoms with Crippen LogP contribution in [-0.2, 0) is 19.5 Å². The molecule has 0 saturated carbocycles. The number of aromatic nitrogens is 3. The number of nitrogens with zero attached hydrogens (tertiary/aromatic N) is 4. The second-order valence-corrected chi connectivity index (χ2v) is 6.28. The van der Waals surface area contributed by atoms with E-state index in [1.165, 1.54) is 16.7 Å². The molecule has 0 saturated heterocycles. The lowest BCUT2D eigenvalue weighted by molar-refractivity contribution is 0.0691. The number of carboxylic acid groups (broad SMARTS) is 1. The van der Waals surface area contributed by atoms with E-state index < -0.39 is 5.97 Å². The van der Waals surface area contributed by atoms with Crippen LogP contribution in [0.15, 0.2) is 11.4 Å². The predicted octanol–water partition coefficient (Wildman–Crippen LogP) is 1.11. The summed E-state index contributed by atoms with van der Waals surface area (Å²) >= 11 is 1.29. The third-order valence-corrected chi connectivity index (χ3v) is 4.50. The van der Waals surface area contributed by atoms with Crippen molar-refractivity contribution >= 4 is 23.3 Å². The Morgan fingerprint density at radius 3 is 3.00 bits per heavy atom. The molecule has 0 aliphatic carbocycles. The standard InChI is InChI=1S/C14H17N5O3S/c1-9-6-10-7-18(4-5-19(10)17-9)14(22)15-3-2-12-16-11(8-23-12)13(20)21/h6,8H,2-5,7H2,1H3,(H,15,22)(H,20,21). The summed E-state index contributed by atoms with van der Waals surface area (Å²) in [5.74, 6) is -1.03. The van der Waals surface area contributed by atoms with Crippen LogP contribution in [0.4, 0.5) is 4.79 Å². The molecule has 1 aliphatic rings. The second-order valence-electron chi connectivity index (χ2n) is 5.34. The molecule has 2 aromatic heterocycles. The smallest absolute Gasteiger partial charge is 0.355 e. The minimum atomic E-state index is -1.03. The van der Waals surface area contributed by atoms with Gasteiger partial charge in [0.2, 0.25) is 0 Å². The van der Waals surface area contributed by atoms with E-state index in [0.29, 0.717) is 37.6 Å². The number of fused-ring (bicyclic) bond motifs is 1. The number of rotatable bonds is 4. The molecule has 2 N–H and O–H groups in total. The Balaban J connectivity index is 1.49. The molecule has 23 heavy (non-hydrogen) atoms. The summed E-state index contributed by atoms with van der Waals surface area (Å²) in [5, 5.41) is 18.3. The summed E-state index contributed by atoms with van der Waals surface area (Å²) in [5.41, 5.74) is 2.05. The SMILES string of the molecule is Cc1cc2n(n1)CCN(C(=O)NCCc1nc(C(=O)O)cs1)C2. The number of aryl methyl sites for hydroxylation is 1. The van der Waals surface area contributed by atoms with E-state index in [1.807, 2.05) is 17.7 Å². The van der Waals surface area contributed by atoms with E-state index in [2.05, 4.69) is 15.4 Å². The highest BCUT2D eigenvalue weighted by atomic mass is 32.1. The zero-order chi connectivity index (χ0) is 16.4. The van der Waals surface area contributed by atoms with Crippen molar-refractivity contribution in [3.05, 3.63) is 33.5 Å². The van der Waals surface area contributed by atoms with Crippen molar-refractivity contribution in [3.63, 3.8) is 0 Å². The van der Waals surface area contributed by atoms with Gasteiger partial charge in [-0.1, -0.05) is 0 Å². The molecular weight excluding hydrogens is 318 g/mol. The molecule has 0 atom stereocenters. The first-order valence-electron chi connectivity index (χ1n) is 7.27. The average molecular weight is 335 g/mol. The molecule has 9 heteroatoms. The number of amides is 2. The molecule has 0 aromatic carbocycles. The molecule has 3 rings (SSSR count). The summed E-state index contributed by atoms with van der Waals surface area (Å²) in [7, 11) is 0. The predicted molar refractivity (Wildman–Crippen MR) is 83.6 cm³/mol. The molecular formula is C14H17N5O3S. The molecule has 122 valence electrons. The van der Waals surface area contributed by atoms with Crippen LogP contribution in [0.2, 0.25) is 0 Å². The van der Waals surface area contributed by atoms with Crippen LogP contribution in [0, 0.1) is 6.92 Å². The van der Waals surface area contributed by atoms with Gasteiger partial charge in [-0.15, -0.1) is 11.3 Å². The number of carbonyl (C=O) groups is 2. The normalized spacial score (nSPS) is 13.7. The highest BCUT2D eigenvalue weighted by Crippen LogP contribution is 2.13. The van der Waals surface area contributed by atoms with E-state index in [0.717, 1.165) is 11.4 Å². The number of thiazole rings is 1. The Labute approximate surface area is 136 Å². The monoisotopic (exact) mass is 335 g/mol. The molecule has 0 radical (unpaired) electrons. The zero-order valence-electron chi connectivity index (χ0n) is 12.7.